The highest BCUT2D eigenvalue weighted by molar-refractivity contribution is 9.10. The Morgan fingerprint density at radius 2 is 1.88 bits per heavy atom. The molecule has 0 amide bonds. The second kappa shape index (κ2) is 8.97. The van der Waals surface area contributed by atoms with Crippen molar-refractivity contribution in [1.29, 1.82) is 0 Å². The molecule has 0 aliphatic carbocycles. The topological polar surface area (TPSA) is 30.5 Å². The Labute approximate surface area is 164 Å². The molecule has 0 bridgehead atoms. The molecule has 0 aliphatic heterocycles. The molecule has 0 heterocycles. The van der Waals surface area contributed by atoms with E-state index in [9.17, 15) is 0 Å². The van der Waals surface area contributed by atoms with Crippen LogP contribution in [0.2, 0.25) is 5.02 Å². The van der Waals surface area contributed by atoms with Crippen molar-refractivity contribution in [2.75, 3.05) is 11.9 Å². The maximum atomic E-state index is 6.13. The highest BCUT2D eigenvalue weighted by Crippen LogP contribution is 2.38. The van der Waals surface area contributed by atoms with Gasteiger partial charge in [-0.1, -0.05) is 11.6 Å². The van der Waals surface area contributed by atoms with Gasteiger partial charge >= 0.3 is 0 Å². The predicted molar refractivity (Wildman–Crippen MR) is 108 cm³/mol. The second-order valence-corrected chi connectivity index (χ2v) is 7.60. The van der Waals surface area contributed by atoms with E-state index in [4.69, 9.17) is 21.1 Å². The van der Waals surface area contributed by atoms with Gasteiger partial charge in [0.15, 0.2) is 11.5 Å². The van der Waals surface area contributed by atoms with E-state index in [0.717, 1.165) is 31.7 Å². The number of anilines is 1. The largest absolute Gasteiger partial charge is 0.490 e. The van der Waals surface area contributed by atoms with Crippen LogP contribution < -0.4 is 14.8 Å². The molecular weight excluding hydrogens is 457 g/mol. The van der Waals surface area contributed by atoms with Crippen LogP contribution in [0.4, 0.5) is 5.69 Å². The van der Waals surface area contributed by atoms with E-state index in [1.54, 1.807) is 0 Å². The average molecular weight is 478 g/mol. The lowest BCUT2D eigenvalue weighted by Gasteiger charge is -2.18. The van der Waals surface area contributed by atoms with Crippen molar-refractivity contribution >= 4 is 49.1 Å². The highest BCUT2D eigenvalue weighted by atomic mass is 79.9. The van der Waals surface area contributed by atoms with Crippen molar-refractivity contribution in [3.8, 4) is 11.5 Å². The third-order valence-corrected chi connectivity index (χ3v) is 4.96. The SMILES string of the molecule is CCOc1cc(CNc2ccc(Br)c(Cl)c2)cc(Br)c1OC(C)C. The van der Waals surface area contributed by atoms with E-state index in [2.05, 4.69) is 37.2 Å². The molecule has 1 N–H and O–H groups in total. The molecule has 0 fully saturated rings. The summed E-state index contributed by atoms with van der Waals surface area (Å²) >= 11 is 13.1. The van der Waals surface area contributed by atoms with E-state index in [1.807, 2.05) is 51.1 Å². The summed E-state index contributed by atoms with van der Waals surface area (Å²) in [5.74, 6) is 1.48. The van der Waals surface area contributed by atoms with Crippen LogP contribution in [0.5, 0.6) is 11.5 Å². The van der Waals surface area contributed by atoms with E-state index in [-0.39, 0.29) is 6.10 Å². The van der Waals surface area contributed by atoms with Gasteiger partial charge in [-0.3, -0.25) is 0 Å². The van der Waals surface area contributed by atoms with Gasteiger partial charge in [0.2, 0.25) is 0 Å². The zero-order chi connectivity index (χ0) is 17.7. The minimum absolute atomic E-state index is 0.0781. The minimum atomic E-state index is 0.0781. The highest BCUT2D eigenvalue weighted by Gasteiger charge is 2.13. The van der Waals surface area contributed by atoms with Crippen LogP contribution >= 0.6 is 43.5 Å². The fourth-order valence-corrected chi connectivity index (χ4v) is 3.16. The molecule has 0 radical (unpaired) electrons. The number of halogens is 3. The summed E-state index contributed by atoms with van der Waals surface area (Å²) in [4.78, 5) is 0. The first-order valence-electron chi connectivity index (χ1n) is 7.71. The van der Waals surface area contributed by atoms with Gasteiger partial charge in [-0.2, -0.15) is 0 Å². The Morgan fingerprint density at radius 3 is 2.50 bits per heavy atom. The summed E-state index contributed by atoms with van der Waals surface area (Å²) < 4.78 is 13.4. The van der Waals surface area contributed by atoms with E-state index < -0.39 is 0 Å². The fourth-order valence-electron chi connectivity index (χ4n) is 2.15. The van der Waals surface area contributed by atoms with Crippen molar-refractivity contribution < 1.29 is 9.47 Å². The Morgan fingerprint density at radius 1 is 1.12 bits per heavy atom. The van der Waals surface area contributed by atoms with Gasteiger partial charge in [-0.25, -0.2) is 0 Å². The molecule has 0 saturated carbocycles. The maximum Gasteiger partial charge on any atom is 0.175 e. The number of hydrogen-bond donors (Lipinski definition) is 1. The zero-order valence-corrected chi connectivity index (χ0v) is 17.8. The number of ether oxygens (including phenoxy) is 2. The molecule has 0 saturated heterocycles. The second-order valence-electron chi connectivity index (χ2n) is 5.49. The summed E-state index contributed by atoms with van der Waals surface area (Å²) in [6, 6.07) is 9.82. The number of benzene rings is 2. The molecule has 3 nitrogen and oxygen atoms in total. The molecule has 2 aromatic carbocycles. The van der Waals surface area contributed by atoms with Gasteiger partial charge < -0.3 is 14.8 Å². The normalized spacial score (nSPS) is 10.8. The summed E-state index contributed by atoms with van der Waals surface area (Å²) in [6.45, 7) is 7.18. The van der Waals surface area contributed by atoms with Crippen molar-refractivity contribution in [2.24, 2.45) is 0 Å². The van der Waals surface area contributed by atoms with Crippen molar-refractivity contribution in [2.45, 2.75) is 33.4 Å². The summed E-state index contributed by atoms with van der Waals surface area (Å²) in [5.41, 5.74) is 2.04. The lowest BCUT2D eigenvalue weighted by Crippen LogP contribution is -2.09. The molecule has 2 rings (SSSR count). The molecule has 2 aromatic rings. The smallest absolute Gasteiger partial charge is 0.175 e. The molecule has 24 heavy (non-hydrogen) atoms. The molecule has 6 heteroatoms. The molecule has 0 atom stereocenters. The Kier molecular flexibility index (Phi) is 7.26. The van der Waals surface area contributed by atoms with Crippen LogP contribution in [-0.4, -0.2) is 12.7 Å². The average Bonchev–Trinajstić information content (AvgIpc) is 2.52. The van der Waals surface area contributed by atoms with Crippen molar-refractivity contribution in [3.05, 3.63) is 49.9 Å². The summed E-state index contributed by atoms with van der Waals surface area (Å²) in [6.07, 6.45) is 0.0781. The number of hydrogen-bond acceptors (Lipinski definition) is 3. The van der Waals surface area contributed by atoms with Crippen LogP contribution in [0.15, 0.2) is 39.3 Å². The third kappa shape index (κ3) is 5.30. The number of rotatable bonds is 7. The first-order valence-corrected chi connectivity index (χ1v) is 9.68. The maximum absolute atomic E-state index is 6.13. The monoisotopic (exact) mass is 475 g/mol. The van der Waals surface area contributed by atoms with Gasteiger partial charge in [0.1, 0.15) is 0 Å². The third-order valence-electron chi connectivity index (χ3n) is 3.14. The molecule has 0 unspecified atom stereocenters. The van der Waals surface area contributed by atoms with Gasteiger partial charge in [0.05, 0.1) is 22.2 Å². The van der Waals surface area contributed by atoms with Gasteiger partial charge in [0, 0.05) is 16.7 Å². The molecule has 0 spiro atoms. The van der Waals surface area contributed by atoms with Crippen LogP contribution in [0.3, 0.4) is 0 Å². The first-order chi connectivity index (χ1) is 11.4. The van der Waals surface area contributed by atoms with Crippen molar-refractivity contribution in [1.82, 2.24) is 0 Å². The lowest BCUT2D eigenvalue weighted by atomic mass is 10.2. The zero-order valence-electron chi connectivity index (χ0n) is 13.8. The Balaban J connectivity index is 2.19. The lowest BCUT2D eigenvalue weighted by molar-refractivity contribution is 0.222. The van der Waals surface area contributed by atoms with Gasteiger partial charge in [-0.15, -0.1) is 0 Å². The van der Waals surface area contributed by atoms with Crippen LogP contribution in [0.1, 0.15) is 26.3 Å². The molecular formula is C18H20Br2ClNO2. The molecule has 130 valence electrons. The van der Waals surface area contributed by atoms with E-state index >= 15 is 0 Å². The summed E-state index contributed by atoms with van der Waals surface area (Å²) in [5, 5.41) is 4.04. The predicted octanol–water partition coefficient (Wildman–Crippen LogP) is 6.66. The standard InChI is InChI=1S/C18H20Br2ClNO2/c1-4-23-17-8-12(7-15(20)18(17)24-11(2)3)10-22-13-5-6-14(19)16(21)9-13/h5-9,11,22H,4,10H2,1-3H3. The Bertz CT molecular complexity index is 708. The number of nitrogens with one attached hydrogen (secondary N) is 1. The quantitative estimate of drug-likeness (QED) is 0.484. The summed E-state index contributed by atoms with van der Waals surface area (Å²) in [7, 11) is 0. The van der Waals surface area contributed by atoms with Gasteiger partial charge in [-0.05, 0) is 88.5 Å². The fraction of sp³-hybridized carbons (Fsp3) is 0.333. The van der Waals surface area contributed by atoms with Crippen LogP contribution in [0.25, 0.3) is 0 Å². The Hall–Kier alpha value is -0.910. The first kappa shape index (κ1) is 19.4. The minimum Gasteiger partial charge on any atom is -0.490 e. The van der Waals surface area contributed by atoms with Gasteiger partial charge in [0.25, 0.3) is 0 Å². The van der Waals surface area contributed by atoms with E-state index in [1.165, 1.54) is 0 Å². The molecule has 0 aliphatic rings. The van der Waals surface area contributed by atoms with Crippen molar-refractivity contribution in [3.63, 3.8) is 0 Å². The van der Waals surface area contributed by atoms with Crippen LogP contribution in [0, 0.1) is 0 Å². The van der Waals surface area contributed by atoms with E-state index in [0.29, 0.717) is 18.2 Å². The molecule has 0 aromatic heterocycles. The van der Waals surface area contributed by atoms with Crippen LogP contribution in [-0.2, 0) is 6.54 Å².